The average molecular weight is 449 g/mol. The van der Waals surface area contributed by atoms with Gasteiger partial charge in [0, 0.05) is 35.6 Å². The number of aromatic nitrogens is 2. The molecule has 2 aliphatic carbocycles. The molecular formula is C30H44N2O. The molecule has 0 spiro atoms. The Balaban J connectivity index is 1.60. The van der Waals surface area contributed by atoms with Crippen LogP contribution in [0.3, 0.4) is 0 Å². The highest BCUT2D eigenvalue weighted by molar-refractivity contribution is 5.13. The highest BCUT2D eigenvalue weighted by Crippen LogP contribution is 2.48. The van der Waals surface area contributed by atoms with Gasteiger partial charge < -0.3 is 4.74 Å². The number of hydrogen-bond acceptors (Lipinski definition) is 3. The lowest BCUT2D eigenvalue weighted by molar-refractivity contribution is -0.195. The summed E-state index contributed by atoms with van der Waals surface area (Å²) in [4.78, 5) is 9.50. The monoisotopic (exact) mass is 448 g/mol. The van der Waals surface area contributed by atoms with Gasteiger partial charge in [0.1, 0.15) is 0 Å². The summed E-state index contributed by atoms with van der Waals surface area (Å²) in [5.74, 6) is 0.949. The van der Waals surface area contributed by atoms with Crippen LogP contribution in [0.2, 0.25) is 0 Å². The third-order valence-electron chi connectivity index (χ3n) is 8.40. The molecule has 2 aliphatic rings. The van der Waals surface area contributed by atoms with Crippen LogP contribution >= 0.6 is 0 Å². The fourth-order valence-corrected chi connectivity index (χ4v) is 6.60. The quantitative estimate of drug-likeness (QED) is 0.366. The minimum absolute atomic E-state index is 0.00377. The van der Waals surface area contributed by atoms with Gasteiger partial charge in [-0.25, -0.2) is 0 Å². The third-order valence-corrected chi connectivity index (χ3v) is 8.40. The molecule has 2 atom stereocenters. The number of pyridine rings is 2. The molecule has 33 heavy (non-hydrogen) atoms. The zero-order valence-corrected chi connectivity index (χ0v) is 21.0. The van der Waals surface area contributed by atoms with Gasteiger partial charge in [-0.3, -0.25) is 9.97 Å². The van der Waals surface area contributed by atoms with E-state index in [1.54, 1.807) is 0 Å². The van der Waals surface area contributed by atoms with Gasteiger partial charge in [-0.1, -0.05) is 64.5 Å². The Morgan fingerprint density at radius 2 is 1.09 bits per heavy atom. The molecule has 2 aromatic heterocycles. The standard InChI is InChI=1S/C30H44N2O/c1-3-25(27-15-7-13-21-31-27)23-29(17-9-5-10-18-29)33-30(19-11-6-12-20-30)24-26(4-2)28-16-8-14-22-32-28/h7-8,13-16,21-22,25-26H,3-6,9-12,17-20,23-24H2,1-2H3. The second-order valence-corrected chi connectivity index (χ2v) is 10.7. The van der Waals surface area contributed by atoms with E-state index >= 15 is 0 Å². The fraction of sp³-hybridized carbons (Fsp3) is 0.667. The molecule has 3 heteroatoms. The molecule has 2 saturated carbocycles. The predicted molar refractivity (Wildman–Crippen MR) is 136 cm³/mol. The Kier molecular flexibility index (Phi) is 8.57. The van der Waals surface area contributed by atoms with E-state index in [0.29, 0.717) is 11.8 Å². The van der Waals surface area contributed by atoms with E-state index in [2.05, 4.69) is 38.1 Å². The topological polar surface area (TPSA) is 35.0 Å². The normalized spacial score (nSPS) is 21.9. The van der Waals surface area contributed by atoms with Crippen LogP contribution in [0, 0.1) is 0 Å². The molecule has 0 amide bonds. The average Bonchev–Trinajstić information content (AvgIpc) is 2.88. The van der Waals surface area contributed by atoms with E-state index in [1.165, 1.54) is 75.6 Å². The molecule has 0 bridgehead atoms. The van der Waals surface area contributed by atoms with Crippen LogP contribution in [0.5, 0.6) is 0 Å². The lowest BCUT2D eigenvalue weighted by Gasteiger charge is -2.50. The summed E-state index contributed by atoms with van der Waals surface area (Å²) in [5.41, 5.74) is 2.48. The molecule has 180 valence electrons. The van der Waals surface area contributed by atoms with Gasteiger partial charge in [0.05, 0.1) is 11.2 Å². The second-order valence-electron chi connectivity index (χ2n) is 10.7. The minimum atomic E-state index is -0.00377. The van der Waals surface area contributed by atoms with Crippen molar-refractivity contribution >= 4 is 0 Å². The Morgan fingerprint density at radius 1 is 0.667 bits per heavy atom. The van der Waals surface area contributed by atoms with Crippen molar-refractivity contribution in [2.24, 2.45) is 0 Å². The zero-order valence-electron chi connectivity index (χ0n) is 21.0. The molecule has 2 aromatic rings. The van der Waals surface area contributed by atoms with E-state index in [-0.39, 0.29) is 11.2 Å². The molecule has 0 aromatic carbocycles. The van der Waals surface area contributed by atoms with Crippen molar-refractivity contribution in [1.29, 1.82) is 0 Å². The van der Waals surface area contributed by atoms with E-state index in [4.69, 9.17) is 14.7 Å². The molecule has 0 aliphatic heterocycles. The molecule has 2 heterocycles. The lowest BCUT2D eigenvalue weighted by Crippen LogP contribution is -2.48. The summed E-state index contributed by atoms with van der Waals surface area (Å²) in [6.07, 6.45) is 21.1. The number of hydrogen-bond donors (Lipinski definition) is 0. The molecule has 4 rings (SSSR count). The van der Waals surface area contributed by atoms with Crippen LogP contribution in [-0.2, 0) is 4.74 Å². The first-order valence-corrected chi connectivity index (χ1v) is 13.7. The van der Waals surface area contributed by atoms with E-state index in [0.717, 1.165) is 25.7 Å². The SMILES string of the molecule is CCC(CC1(OC2(CC(CC)c3ccccn3)CCCCC2)CCCCC1)c1ccccn1. The van der Waals surface area contributed by atoms with Crippen molar-refractivity contribution in [3.63, 3.8) is 0 Å². The number of nitrogens with zero attached hydrogens (tertiary/aromatic N) is 2. The largest absolute Gasteiger partial charge is 0.369 e. The van der Waals surface area contributed by atoms with Crippen LogP contribution in [0.15, 0.2) is 48.8 Å². The smallest absolute Gasteiger partial charge is 0.0696 e. The maximum Gasteiger partial charge on any atom is 0.0696 e. The van der Waals surface area contributed by atoms with E-state index < -0.39 is 0 Å². The summed E-state index contributed by atoms with van der Waals surface area (Å²) >= 11 is 0. The predicted octanol–water partition coefficient (Wildman–Crippen LogP) is 8.37. The van der Waals surface area contributed by atoms with Crippen molar-refractivity contribution in [3.8, 4) is 0 Å². The first-order valence-electron chi connectivity index (χ1n) is 13.7. The zero-order chi connectivity index (χ0) is 23.0. The van der Waals surface area contributed by atoms with Crippen LogP contribution in [-0.4, -0.2) is 21.2 Å². The highest BCUT2D eigenvalue weighted by atomic mass is 16.5. The van der Waals surface area contributed by atoms with Crippen LogP contribution in [0.4, 0.5) is 0 Å². The number of ether oxygens (including phenoxy) is 1. The molecular weight excluding hydrogens is 404 g/mol. The summed E-state index contributed by atoms with van der Waals surface area (Å²) in [7, 11) is 0. The molecule has 0 N–H and O–H groups in total. The first-order chi connectivity index (χ1) is 16.2. The van der Waals surface area contributed by atoms with Crippen LogP contribution in [0.25, 0.3) is 0 Å². The Bertz CT molecular complexity index is 740. The molecule has 3 nitrogen and oxygen atoms in total. The van der Waals surface area contributed by atoms with Gasteiger partial charge >= 0.3 is 0 Å². The van der Waals surface area contributed by atoms with Gasteiger partial charge in [0.2, 0.25) is 0 Å². The maximum atomic E-state index is 7.56. The highest BCUT2D eigenvalue weighted by Gasteiger charge is 2.45. The van der Waals surface area contributed by atoms with Crippen LogP contribution < -0.4 is 0 Å². The van der Waals surface area contributed by atoms with Gasteiger partial charge in [-0.05, 0) is 75.6 Å². The minimum Gasteiger partial charge on any atom is -0.369 e. The van der Waals surface area contributed by atoms with Crippen molar-refractivity contribution in [3.05, 3.63) is 60.2 Å². The summed E-state index contributed by atoms with van der Waals surface area (Å²) in [5, 5.41) is 0. The van der Waals surface area contributed by atoms with Gasteiger partial charge in [-0.2, -0.15) is 0 Å². The second kappa shape index (κ2) is 11.6. The van der Waals surface area contributed by atoms with Gasteiger partial charge in [0.25, 0.3) is 0 Å². The first kappa shape index (κ1) is 24.4. The van der Waals surface area contributed by atoms with Gasteiger partial charge in [-0.15, -0.1) is 0 Å². The summed E-state index contributed by atoms with van der Waals surface area (Å²) in [6.45, 7) is 4.64. The summed E-state index contributed by atoms with van der Waals surface area (Å²) in [6, 6.07) is 12.8. The van der Waals surface area contributed by atoms with Gasteiger partial charge in [0.15, 0.2) is 0 Å². The third kappa shape index (κ3) is 6.23. The van der Waals surface area contributed by atoms with Crippen molar-refractivity contribution in [2.75, 3.05) is 0 Å². The van der Waals surface area contributed by atoms with Crippen molar-refractivity contribution in [1.82, 2.24) is 9.97 Å². The molecule has 2 fully saturated rings. The van der Waals surface area contributed by atoms with E-state index in [9.17, 15) is 0 Å². The molecule has 0 saturated heterocycles. The van der Waals surface area contributed by atoms with E-state index in [1.807, 2.05) is 24.5 Å². The fourth-order valence-electron chi connectivity index (χ4n) is 6.60. The Morgan fingerprint density at radius 3 is 1.42 bits per heavy atom. The maximum absolute atomic E-state index is 7.56. The Hall–Kier alpha value is -1.74. The van der Waals surface area contributed by atoms with Crippen molar-refractivity contribution in [2.45, 2.75) is 127 Å². The molecule has 2 unspecified atom stereocenters. The summed E-state index contributed by atoms with van der Waals surface area (Å²) < 4.78 is 7.56. The van der Waals surface area contributed by atoms with Crippen LogP contribution in [0.1, 0.15) is 127 Å². The number of rotatable bonds is 10. The van der Waals surface area contributed by atoms with Crippen molar-refractivity contribution < 1.29 is 4.74 Å². The lowest BCUT2D eigenvalue weighted by atomic mass is 9.73. The molecule has 0 radical (unpaired) electrons. The Labute approximate surface area is 201 Å².